The van der Waals surface area contributed by atoms with Crippen molar-refractivity contribution >= 4 is 47.3 Å². The monoisotopic (exact) mass is 1980 g/mol. The highest BCUT2D eigenvalue weighted by molar-refractivity contribution is 5.91. The van der Waals surface area contributed by atoms with Crippen molar-refractivity contribution < 1.29 is 48.2 Å². The van der Waals surface area contributed by atoms with Crippen LogP contribution in [0.5, 0.6) is 11.8 Å². The smallest absolute Gasteiger partial charge is 0.344 e. The van der Waals surface area contributed by atoms with E-state index in [-0.39, 0.29) is 161 Å². The molecule has 0 bridgehead atoms. The van der Waals surface area contributed by atoms with E-state index >= 15 is 0 Å². The van der Waals surface area contributed by atoms with Crippen LogP contribution in [0.1, 0.15) is 225 Å². The number of ether oxygens (including phenoxy) is 1. The van der Waals surface area contributed by atoms with Crippen LogP contribution in [0.3, 0.4) is 0 Å². The average molecular weight is 1980 g/mol. The van der Waals surface area contributed by atoms with E-state index < -0.39 is 5.69 Å². The van der Waals surface area contributed by atoms with Crippen LogP contribution in [-0.4, -0.2) is 310 Å². The summed E-state index contributed by atoms with van der Waals surface area (Å²) in [5, 5.41) is 9.46. The number of aromatic amines is 2. The summed E-state index contributed by atoms with van der Waals surface area (Å²) >= 11 is 0. The molecule has 774 valence electrons. The van der Waals surface area contributed by atoms with Gasteiger partial charge in [-0.05, 0) is 280 Å². The summed E-state index contributed by atoms with van der Waals surface area (Å²) < 4.78 is 5.09. The number of nitrogens with one attached hydrogen (secondary N) is 2. The number of rotatable bonds is 33. The zero-order chi connectivity index (χ0) is 102. The van der Waals surface area contributed by atoms with Crippen molar-refractivity contribution in [2.45, 2.75) is 250 Å². The number of H-pyrrole nitrogens is 2. The van der Waals surface area contributed by atoms with E-state index in [9.17, 15) is 53.1 Å². The molecule has 3 N–H and O–H groups in total. The maximum absolute atomic E-state index is 13.8. The first-order chi connectivity index (χ1) is 69.8. The van der Waals surface area contributed by atoms with Gasteiger partial charge in [0.1, 0.15) is 5.75 Å². The molecule has 31 heteroatoms. The first kappa shape index (κ1) is 104. The molecular weight excluding hydrogens is 1830 g/mol. The molecule has 145 heavy (non-hydrogen) atoms. The second kappa shape index (κ2) is 44.8. The topological polar surface area (TPSA) is 335 Å². The van der Waals surface area contributed by atoms with E-state index in [0.717, 1.165) is 129 Å². The quantitative estimate of drug-likeness (QED) is 0.0344. The lowest BCUT2D eigenvalue weighted by atomic mass is 9.68. The summed E-state index contributed by atoms with van der Waals surface area (Å²) in [7, 11) is 18.8. The van der Waals surface area contributed by atoms with Gasteiger partial charge in [-0.25, -0.2) is 38.9 Å². The normalized spacial score (nSPS) is 26.5. The number of aromatic nitrogens is 7. The molecule has 0 atom stereocenters. The predicted octanol–water partition coefficient (Wildman–Crippen LogP) is 14.5. The van der Waals surface area contributed by atoms with Crippen molar-refractivity contribution in [2.24, 2.45) is 23.7 Å². The molecule has 4 saturated heterocycles. The van der Waals surface area contributed by atoms with Crippen LogP contribution in [0.4, 0.5) is 19.2 Å². The minimum Gasteiger partial charge on any atom is -0.506 e. The fourth-order valence-corrected chi connectivity index (χ4v) is 26.0. The van der Waals surface area contributed by atoms with Gasteiger partial charge in [-0.1, -0.05) is 147 Å². The largest absolute Gasteiger partial charge is 0.506 e. The Balaban J connectivity index is 0.000000132. The Morgan fingerprint density at radius 1 is 0.372 bits per heavy atom. The molecule has 4 aromatic carbocycles. The van der Waals surface area contributed by atoms with Crippen LogP contribution >= 0.6 is 0 Å². The molecule has 31 nitrogen and oxygen atoms in total. The van der Waals surface area contributed by atoms with Gasteiger partial charge >= 0.3 is 35.8 Å². The molecule has 8 aromatic rings. The van der Waals surface area contributed by atoms with Gasteiger partial charge in [0.2, 0.25) is 0 Å². The van der Waals surface area contributed by atoms with E-state index in [1.54, 1.807) is 37.9 Å². The molecule has 8 amide bonds. The minimum atomic E-state index is -0.434. The third-order valence-corrected chi connectivity index (χ3v) is 35.8. The Labute approximate surface area is 854 Å². The minimum absolute atomic E-state index is 0.00640. The number of carbonyl (C=O) groups is 8. The highest BCUT2D eigenvalue weighted by atomic mass is 16.5. The number of amides is 8. The molecular formula is C114H151N19O12. The van der Waals surface area contributed by atoms with E-state index in [4.69, 9.17) is 4.74 Å². The maximum Gasteiger partial charge on any atom is 0.344 e. The lowest BCUT2D eigenvalue weighted by Gasteiger charge is -2.51. The Morgan fingerprint density at radius 3 is 0.979 bits per heavy atom. The van der Waals surface area contributed by atoms with E-state index in [2.05, 4.69) is 252 Å². The molecule has 8 saturated carbocycles. The number of benzene rings is 4. The molecule has 0 unspecified atom stereocenters. The van der Waals surface area contributed by atoms with Crippen molar-refractivity contribution in [2.75, 3.05) is 142 Å². The van der Waals surface area contributed by atoms with Crippen LogP contribution in [0.2, 0.25) is 0 Å². The number of carbonyl (C=O) groups excluding carboxylic acids is 8. The average Bonchev–Trinajstić information content (AvgIpc) is 1.61. The number of aromatic hydroxyl groups is 1. The lowest BCUT2D eigenvalue weighted by molar-refractivity contribution is -0.119. The van der Waals surface area contributed by atoms with Crippen LogP contribution in [0.25, 0.3) is 0 Å². The standard InChI is InChI=1S/C29H39N5O3.C29H38N4O3.2C28H37N5O3/c1-32(2)29(23-10-5-4-6-11-23)15-13-28(14-16-29)21-33(27(36)34(28)19-22-8-7-9-22)20-25(35)18-24-12-17-30-26(31-24)37-3;1-31(2)29(23-9-4-3-5-10-23)15-13-28(14-16-29)21-32(27(36)33(28)19-22-7-6-8-22)20-26(35)17-24-11-12-25(34)18-30-24;1-31(2)28(23-9-4-3-5-10-23)13-11-27(12-14-28)20-32(26(36)33(27)18-21-7-6-8-21)19-24(34)15-22-16-29-25(35)30-17-22;1-31(2)28(23-9-4-3-5-10-23)13-11-27(12-14-28)19-32(26(36)33(27)17-21-7-6-8-21)18-24(34)15-22-16-29-20-30-25(22)35/h4-6,10-12,17,22H,7-9,13-16,18-21H2,1-3H3;3-5,9-12,18,22,34H,6-8,13-17,19-21H2,1-2H3;3-5,9-10,16-17,21H,6-8,11-15,18-20H2,1-2H3,(H,29,30,35);3-5,9-10,16,20-21H,6-8,11-15,17-19H2,1-2H3,(H,29,30,35). The lowest BCUT2D eigenvalue weighted by Crippen LogP contribution is -2.56. The molecule has 4 spiro atoms. The molecule has 4 aromatic heterocycles. The van der Waals surface area contributed by atoms with Gasteiger partial charge in [-0.3, -0.25) is 48.6 Å². The van der Waals surface area contributed by atoms with E-state index in [1.165, 1.54) is 144 Å². The summed E-state index contributed by atoms with van der Waals surface area (Å²) in [6.07, 6.45) is 38.8. The maximum atomic E-state index is 13.8. The van der Waals surface area contributed by atoms with Crippen LogP contribution in [-0.2, 0) is 67.0 Å². The second-order valence-corrected chi connectivity index (χ2v) is 45.0. The number of hydrogen-bond donors (Lipinski definition) is 3. The molecule has 12 aliphatic rings. The van der Waals surface area contributed by atoms with Crippen molar-refractivity contribution in [1.82, 2.24) is 93.7 Å². The van der Waals surface area contributed by atoms with Crippen molar-refractivity contribution in [1.29, 1.82) is 0 Å². The Morgan fingerprint density at radius 2 is 0.697 bits per heavy atom. The molecule has 4 aliphatic heterocycles. The molecule has 8 aliphatic carbocycles. The summed E-state index contributed by atoms with van der Waals surface area (Å²) in [4.78, 5) is 180. The van der Waals surface area contributed by atoms with Crippen LogP contribution in [0.15, 0.2) is 186 Å². The van der Waals surface area contributed by atoms with Gasteiger partial charge in [-0.2, -0.15) is 4.98 Å². The summed E-state index contributed by atoms with van der Waals surface area (Å²) in [5.41, 5.74) is 5.78. The SMILES string of the molecule is CN(C)C1(c2ccccc2)CCC2(CC1)CN(CC(=O)Cc1ccc(O)cn1)C(=O)N2CC1CCC1.CN(C)C1(c2ccccc2)CCC2(CC1)CN(CC(=O)Cc1cnc(=O)[nH]c1)C(=O)N2CC1CCC1.CN(C)C1(c2ccccc2)CCC2(CC1)CN(CC(=O)Cc1cnc[nH]c1=O)C(=O)N2CC1CCC1.COc1nccc(CC(=O)CN2CC3(CCC(c4ccccc4)(N(C)C)CC3)N(CC3CCC3)C2=O)n1. The second-order valence-electron chi connectivity index (χ2n) is 45.0. The number of urea groups is 4. The van der Waals surface area contributed by atoms with Gasteiger partial charge < -0.3 is 59.0 Å². The van der Waals surface area contributed by atoms with Gasteiger partial charge in [-0.15, -0.1) is 0 Å². The van der Waals surface area contributed by atoms with E-state index in [0.29, 0.717) is 72.4 Å². The number of nitrogens with zero attached hydrogens (tertiary/aromatic N) is 17. The highest BCUT2D eigenvalue weighted by Gasteiger charge is 2.61. The van der Waals surface area contributed by atoms with Crippen LogP contribution < -0.4 is 16.0 Å². The number of Topliss-reactive ketones (excluding diaryl/α,β-unsaturated/α-hetero) is 4. The number of ketones is 4. The fourth-order valence-electron chi connectivity index (χ4n) is 26.0. The van der Waals surface area contributed by atoms with Gasteiger partial charge in [0.25, 0.3) is 5.56 Å². The fraction of sp³-hybridized carbons (Fsp3) is 0.570. The molecule has 12 fully saturated rings. The molecule has 8 heterocycles. The van der Waals surface area contributed by atoms with Gasteiger partial charge in [0, 0.05) is 123 Å². The Bertz CT molecular complexity index is 5900. The third-order valence-electron chi connectivity index (χ3n) is 35.8. The summed E-state index contributed by atoms with van der Waals surface area (Å²) in [6, 6.07) is 48.2. The summed E-state index contributed by atoms with van der Waals surface area (Å²) in [6.45, 7) is 5.98. The number of pyridine rings is 1. The first-order valence-corrected chi connectivity index (χ1v) is 53.1. The van der Waals surface area contributed by atoms with Crippen molar-refractivity contribution in [3.8, 4) is 11.8 Å². The van der Waals surface area contributed by atoms with Crippen molar-refractivity contribution in [3.05, 3.63) is 242 Å². The molecule has 20 rings (SSSR count). The first-order valence-electron chi connectivity index (χ1n) is 53.1. The van der Waals surface area contributed by atoms with E-state index in [1.807, 2.05) is 0 Å². The number of methoxy groups -OCH3 is 1. The van der Waals surface area contributed by atoms with Crippen LogP contribution in [0, 0.1) is 23.7 Å². The highest BCUT2D eigenvalue weighted by Crippen LogP contribution is 2.56. The number of hydrogen-bond acceptors (Lipinski definition) is 21. The third kappa shape index (κ3) is 22.5. The van der Waals surface area contributed by atoms with Gasteiger partial charge in [0.05, 0.1) is 86.5 Å². The Kier molecular flexibility index (Phi) is 32.3. The zero-order valence-corrected chi connectivity index (χ0v) is 86.7. The van der Waals surface area contributed by atoms with Gasteiger partial charge in [0.15, 0.2) is 23.1 Å². The Hall–Kier alpha value is -11.9. The summed E-state index contributed by atoms with van der Waals surface area (Å²) in [5.74, 6) is 2.16. The van der Waals surface area contributed by atoms with Crippen molar-refractivity contribution in [3.63, 3.8) is 0 Å². The molecule has 0 radical (unpaired) electrons. The zero-order valence-electron chi connectivity index (χ0n) is 86.7. The predicted molar refractivity (Wildman–Crippen MR) is 555 cm³/mol.